The van der Waals surface area contributed by atoms with Gasteiger partial charge in [-0.05, 0) is 24.6 Å². The average molecular weight is 341 g/mol. The maximum absolute atomic E-state index is 12.8. The van der Waals surface area contributed by atoms with Crippen molar-refractivity contribution in [1.29, 1.82) is 0 Å². The molecule has 0 aliphatic heterocycles. The summed E-state index contributed by atoms with van der Waals surface area (Å²) in [5.41, 5.74) is 1.85. The van der Waals surface area contributed by atoms with Crippen LogP contribution in [0.1, 0.15) is 23.0 Å². The van der Waals surface area contributed by atoms with Gasteiger partial charge in [0.25, 0.3) is 0 Å². The number of nitrogens with zero attached hydrogens (tertiary/aromatic N) is 2. The van der Waals surface area contributed by atoms with Crippen LogP contribution in [-0.2, 0) is 17.1 Å². The van der Waals surface area contributed by atoms with Gasteiger partial charge in [0.1, 0.15) is 11.9 Å². The maximum Gasteiger partial charge on any atom is 0.241 e. The van der Waals surface area contributed by atoms with Crippen molar-refractivity contribution in [3.8, 4) is 0 Å². The summed E-state index contributed by atoms with van der Waals surface area (Å²) in [6.07, 6.45) is 3.46. The molecule has 0 aliphatic rings. The van der Waals surface area contributed by atoms with E-state index in [-0.39, 0.29) is 4.90 Å². The fraction of sp³-hybridized carbons (Fsp3) is 0.167. The van der Waals surface area contributed by atoms with E-state index in [9.17, 15) is 8.42 Å². The third kappa shape index (κ3) is 3.39. The molecule has 124 valence electrons. The van der Waals surface area contributed by atoms with Gasteiger partial charge in [0.15, 0.2) is 0 Å². The number of imidazole rings is 1. The van der Waals surface area contributed by atoms with Gasteiger partial charge in [-0.1, -0.05) is 48.0 Å². The Balaban J connectivity index is 2.01. The lowest BCUT2D eigenvalue weighted by molar-refractivity contribution is 0.563. The first kappa shape index (κ1) is 16.4. The number of hydrogen-bond donors (Lipinski definition) is 1. The van der Waals surface area contributed by atoms with Crippen molar-refractivity contribution >= 4 is 10.0 Å². The van der Waals surface area contributed by atoms with Crippen molar-refractivity contribution < 1.29 is 8.42 Å². The molecule has 0 aliphatic carbocycles. The highest BCUT2D eigenvalue weighted by molar-refractivity contribution is 7.89. The van der Waals surface area contributed by atoms with Crippen molar-refractivity contribution in [2.45, 2.75) is 17.9 Å². The monoisotopic (exact) mass is 341 g/mol. The molecule has 0 radical (unpaired) electrons. The van der Waals surface area contributed by atoms with Gasteiger partial charge in [0.05, 0.1) is 4.90 Å². The van der Waals surface area contributed by atoms with Gasteiger partial charge >= 0.3 is 0 Å². The highest BCUT2D eigenvalue weighted by atomic mass is 32.2. The molecule has 0 saturated heterocycles. The Morgan fingerprint density at radius 1 is 1.04 bits per heavy atom. The second-order valence-corrected chi connectivity index (χ2v) is 7.39. The molecule has 1 unspecified atom stereocenters. The maximum atomic E-state index is 12.8. The Morgan fingerprint density at radius 3 is 2.29 bits per heavy atom. The summed E-state index contributed by atoms with van der Waals surface area (Å²) >= 11 is 0. The molecule has 0 saturated carbocycles. The lowest BCUT2D eigenvalue weighted by atomic mass is 10.1. The van der Waals surface area contributed by atoms with Crippen LogP contribution in [0, 0.1) is 6.92 Å². The molecule has 0 amide bonds. The van der Waals surface area contributed by atoms with E-state index in [0.717, 1.165) is 11.1 Å². The number of aryl methyl sites for hydroxylation is 2. The van der Waals surface area contributed by atoms with Gasteiger partial charge in [0.2, 0.25) is 10.0 Å². The summed E-state index contributed by atoms with van der Waals surface area (Å²) in [5, 5.41) is 0. The third-order valence-electron chi connectivity index (χ3n) is 3.85. The third-order valence-corrected chi connectivity index (χ3v) is 5.29. The first-order valence-electron chi connectivity index (χ1n) is 7.58. The molecule has 1 N–H and O–H groups in total. The first-order chi connectivity index (χ1) is 11.5. The van der Waals surface area contributed by atoms with Crippen molar-refractivity contribution in [1.82, 2.24) is 14.3 Å². The number of sulfonamides is 1. The molecule has 5 nitrogen and oxygen atoms in total. The summed E-state index contributed by atoms with van der Waals surface area (Å²) in [7, 11) is -1.82. The molecule has 24 heavy (non-hydrogen) atoms. The van der Waals surface area contributed by atoms with Crippen LogP contribution >= 0.6 is 0 Å². The number of hydrogen-bond acceptors (Lipinski definition) is 3. The number of rotatable bonds is 5. The molecule has 6 heteroatoms. The summed E-state index contributed by atoms with van der Waals surface area (Å²) < 4.78 is 30.2. The topological polar surface area (TPSA) is 64.0 Å². The van der Waals surface area contributed by atoms with Crippen molar-refractivity contribution in [3.05, 3.63) is 83.9 Å². The van der Waals surface area contributed by atoms with E-state index in [2.05, 4.69) is 9.71 Å². The van der Waals surface area contributed by atoms with Crippen LogP contribution in [0.2, 0.25) is 0 Å². The van der Waals surface area contributed by atoms with Crippen LogP contribution < -0.4 is 4.72 Å². The van der Waals surface area contributed by atoms with Gasteiger partial charge in [-0.3, -0.25) is 0 Å². The predicted octanol–water partition coefficient (Wildman–Crippen LogP) is 2.80. The van der Waals surface area contributed by atoms with E-state index in [1.165, 1.54) is 0 Å². The van der Waals surface area contributed by atoms with Gasteiger partial charge in [0, 0.05) is 19.4 Å². The smallest absolute Gasteiger partial charge is 0.241 e. The van der Waals surface area contributed by atoms with Crippen molar-refractivity contribution in [3.63, 3.8) is 0 Å². The molecule has 2 aromatic carbocycles. The highest BCUT2D eigenvalue weighted by Crippen LogP contribution is 2.23. The van der Waals surface area contributed by atoms with Gasteiger partial charge < -0.3 is 4.57 Å². The van der Waals surface area contributed by atoms with Crippen LogP contribution in [0.5, 0.6) is 0 Å². The molecule has 1 atom stereocenters. The average Bonchev–Trinajstić information content (AvgIpc) is 3.00. The van der Waals surface area contributed by atoms with E-state index >= 15 is 0 Å². The van der Waals surface area contributed by atoms with Crippen LogP contribution in [0.25, 0.3) is 0 Å². The van der Waals surface area contributed by atoms with E-state index in [4.69, 9.17) is 0 Å². The molecule has 1 heterocycles. The Labute approximate surface area is 142 Å². The number of nitrogens with one attached hydrogen (secondary N) is 1. The highest BCUT2D eigenvalue weighted by Gasteiger charge is 2.25. The van der Waals surface area contributed by atoms with Gasteiger partial charge in [-0.2, -0.15) is 4.72 Å². The minimum absolute atomic E-state index is 0.239. The SMILES string of the molecule is Cc1ccc(S(=O)(=O)NC(c2ccccc2)c2nccn2C)cc1. The summed E-state index contributed by atoms with van der Waals surface area (Å²) in [6, 6.07) is 15.7. The predicted molar refractivity (Wildman–Crippen MR) is 93.0 cm³/mol. The lowest BCUT2D eigenvalue weighted by Gasteiger charge is -2.19. The second-order valence-electron chi connectivity index (χ2n) is 5.67. The number of aromatic nitrogens is 2. The molecule has 3 aromatic rings. The minimum Gasteiger partial charge on any atom is -0.336 e. The molecule has 1 aromatic heterocycles. The second kappa shape index (κ2) is 6.59. The molecular formula is C18H19N3O2S. The van der Waals surface area contributed by atoms with E-state index in [1.807, 2.05) is 48.9 Å². The molecule has 0 bridgehead atoms. The van der Waals surface area contributed by atoms with Gasteiger partial charge in [-0.25, -0.2) is 13.4 Å². The van der Waals surface area contributed by atoms with Gasteiger partial charge in [-0.15, -0.1) is 0 Å². The Kier molecular flexibility index (Phi) is 4.51. The normalized spacial score (nSPS) is 12.9. The Hall–Kier alpha value is -2.44. The minimum atomic E-state index is -3.67. The van der Waals surface area contributed by atoms with E-state index in [1.54, 1.807) is 36.7 Å². The summed E-state index contributed by atoms with van der Waals surface area (Å²) in [6.45, 7) is 1.92. The van der Waals surface area contributed by atoms with E-state index in [0.29, 0.717) is 5.82 Å². The van der Waals surface area contributed by atoms with Crippen molar-refractivity contribution in [2.75, 3.05) is 0 Å². The quantitative estimate of drug-likeness (QED) is 0.776. The molecular weight excluding hydrogens is 322 g/mol. The zero-order chi connectivity index (χ0) is 17.2. The largest absolute Gasteiger partial charge is 0.336 e. The first-order valence-corrected chi connectivity index (χ1v) is 9.07. The van der Waals surface area contributed by atoms with Crippen LogP contribution in [0.4, 0.5) is 0 Å². The fourth-order valence-corrected chi connectivity index (χ4v) is 3.69. The molecule has 0 fully saturated rings. The Bertz CT molecular complexity index is 916. The zero-order valence-electron chi connectivity index (χ0n) is 13.5. The fourth-order valence-electron chi connectivity index (χ4n) is 2.51. The summed E-state index contributed by atoms with van der Waals surface area (Å²) in [4.78, 5) is 4.56. The van der Waals surface area contributed by atoms with Crippen molar-refractivity contribution in [2.24, 2.45) is 7.05 Å². The zero-order valence-corrected chi connectivity index (χ0v) is 14.4. The molecule has 3 rings (SSSR count). The van der Waals surface area contributed by atoms with Crippen LogP contribution in [0.3, 0.4) is 0 Å². The standard InChI is InChI=1S/C18H19N3O2S/c1-14-8-10-16(11-9-14)24(22,23)20-17(15-6-4-3-5-7-15)18-19-12-13-21(18)2/h3-13,17,20H,1-2H3. The Morgan fingerprint density at radius 2 is 1.71 bits per heavy atom. The van der Waals surface area contributed by atoms with E-state index < -0.39 is 16.1 Å². The van der Waals surface area contributed by atoms with Crippen LogP contribution in [0.15, 0.2) is 71.9 Å². The number of benzene rings is 2. The molecule has 0 spiro atoms. The lowest BCUT2D eigenvalue weighted by Crippen LogP contribution is -2.31. The van der Waals surface area contributed by atoms with Crippen LogP contribution in [-0.4, -0.2) is 18.0 Å². The summed E-state index contributed by atoms with van der Waals surface area (Å²) in [5.74, 6) is 0.636.